The molecule has 0 unspecified atom stereocenters. The average Bonchev–Trinajstić information content (AvgIpc) is 2.54. The van der Waals surface area contributed by atoms with Gasteiger partial charge >= 0.3 is 0 Å². The third-order valence-electron chi connectivity index (χ3n) is 3.06. The first kappa shape index (κ1) is 14.9. The lowest BCUT2D eigenvalue weighted by Gasteiger charge is -2.15. The van der Waals surface area contributed by atoms with Crippen molar-refractivity contribution in [3.05, 3.63) is 53.6 Å². The van der Waals surface area contributed by atoms with Crippen molar-refractivity contribution in [2.45, 2.75) is 6.92 Å². The maximum atomic E-state index is 12.7. The van der Waals surface area contributed by atoms with Crippen LogP contribution in [0.3, 0.4) is 0 Å². The van der Waals surface area contributed by atoms with Crippen LogP contribution in [0.1, 0.15) is 22.8 Å². The minimum Gasteiger partial charge on any atom is -0.496 e. The van der Waals surface area contributed by atoms with E-state index in [9.17, 15) is 4.79 Å². The van der Waals surface area contributed by atoms with Crippen LogP contribution in [0.4, 0.5) is 0 Å². The van der Waals surface area contributed by atoms with Crippen molar-refractivity contribution in [3.8, 4) is 17.2 Å². The van der Waals surface area contributed by atoms with E-state index >= 15 is 0 Å². The molecule has 0 aliphatic rings. The summed E-state index contributed by atoms with van der Waals surface area (Å²) in [5.41, 5.74) is 0.994. The Hall–Kier alpha value is -2.49. The molecular formula is C17H18O4. The zero-order chi connectivity index (χ0) is 15.2. The minimum absolute atomic E-state index is 0.140. The zero-order valence-electron chi connectivity index (χ0n) is 12.4. The van der Waals surface area contributed by atoms with E-state index in [1.807, 2.05) is 25.1 Å². The maximum Gasteiger partial charge on any atom is 0.200 e. The van der Waals surface area contributed by atoms with Gasteiger partial charge in [-0.25, -0.2) is 0 Å². The van der Waals surface area contributed by atoms with E-state index in [2.05, 4.69) is 0 Å². The summed E-state index contributed by atoms with van der Waals surface area (Å²) >= 11 is 0. The molecule has 0 saturated carbocycles. The van der Waals surface area contributed by atoms with Crippen molar-refractivity contribution >= 4 is 5.78 Å². The Morgan fingerprint density at radius 3 is 2.24 bits per heavy atom. The van der Waals surface area contributed by atoms with Gasteiger partial charge < -0.3 is 14.2 Å². The highest BCUT2D eigenvalue weighted by Crippen LogP contribution is 2.35. The van der Waals surface area contributed by atoms with Gasteiger partial charge in [-0.05, 0) is 6.92 Å². The van der Waals surface area contributed by atoms with Crippen LogP contribution in [0.5, 0.6) is 17.2 Å². The second kappa shape index (κ2) is 6.79. The molecule has 0 N–H and O–H groups in total. The van der Waals surface area contributed by atoms with E-state index in [0.717, 1.165) is 0 Å². The molecule has 0 aliphatic heterocycles. The molecule has 0 fully saturated rings. The van der Waals surface area contributed by atoms with Gasteiger partial charge in [0.2, 0.25) is 5.78 Å². The number of carbonyl (C=O) groups excluding carboxylic acids is 1. The van der Waals surface area contributed by atoms with Gasteiger partial charge in [-0.1, -0.05) is 30.3 Å². The number of ether oxygens (including phenoxy) is 3. The molecule has 0 amide bonds. The molecular weight excluding hydrogens is 268 g/mol. The van der Waals surface area contributed by atoms with Gasteiger partial charge in [-0.15, -0.1) is 0 Å². The Morgan fingerprint density at radius 2 is 1.67 bits per heavy atom. The fourth-order valence-electron chi connectivity index (χ4n) is 2.07. The first-order valence-corrected chi connectivity index (χ1v) is 6.69. The first-order valence-electron chi connectivity index (χ1n) is 6.69. The van der Waals surface area contributed by atoms with Crippen molar-refractivity contribution in [1.29, 1.82) is 0 Å². The average molecular weight is 286 g/mol. The largest absolute Gasteiger partial charge is 0.496 e. The fraction of sp³-hybridized carbons (Fsp3) is 0.235. The lowest BCUT2D eigenvalue weighted by molar-refractivity contribution is 0.103. The molecule has 2 rings (SSSR count). The molecule has 0 aromatic heterocycles. The number of carbonyl (C=O) groups is 1. The summed E-state index contributed by atoms with van der Waals surface area (Å²) in [6.45, 7) is 2.31. The van der Waals surface area contributed by atoms with Crippen LogP contribution >= 0.6 is 0 Å². The van der Waals surface area contributed by atoms with Gasteiger partial charge in [0.05, 0.1) is 20.8 Å². The number of rotatable bonds is 6. The van der Waals surface area contributed by atoms with Crippen LogP contribution in [0, 0.1) is 0 Å². The topological polar surface area (TPSA) is 44.8 Å². The van der Waals surface area contributed by atoms with Crippen molar-refractivity contribution in [2.75, 3.05) is 20.8 Å². The van der Waals surface area contributed by atoms with Gasteiger partial charge in [0.15, 0.2) is 0 Å². The Labute approximate surface area is 124 Å². The molecule has 0 heterocycles. The molecule has 2 aromatic rings. The summed E-state index contributed by atoms with van der Waals surface area (Å²) in [6, 6.07) is 12.4. The number of ketones is 1. The Morgan fingerprint density at radius 1 is 1.00 bits per heavy atom. The SMILES string of the molecule is CCOc1cc(OC)cc(OC)c1C(=O)c1ccccc1. The van der Waals surface area contributed by atoms with Gasteiger partial charge in [0.1, 0.15) is 22.8 Å². The molecule has 110 valence electrons. The van der Waals surface area contributed by atoms with Crippen molar-refractivity contribution < 1.29 is 19.0 Å². The molecule has 0 bridgehead atoms. The maximum absolute atomic E-state index is 12.7. The third kappa shape index (κ3) is 3.16. The minimum atomic E-state index is -0.140. The van der Waals surface area contributed by atoms with Crippen LogP contribution in [0.15, 0.2) is 42.5 Å². The molecule has 0 saturated heterocycles. The Balaban J connectivity index is 2.57. The lowest BCUT2D eigenvalue weighted by atomic mass is 10.0. The predicted molar refractivity (Wildman–Crippen MR) is 80.6 cm³/mol. The van der Waals surface area contributed by atoms with Gasteiger partial charge in [-0.3, -0.25) is 4.79 Å². The van der Waals surface area contributed by atoms with Crippen LogP contribution in [-0.4, -0.2) is 26.6 Å². The van der Waals surface area contributed by atoms with Crippen molar-refractivity contribution in [2.24, 2.45) is 0 Å². The van der Waals surface area contributed by atoms with Gasteiger partial charge in [-0.2, -0.15) is 0 Å². The van der Waals surface area contributed by atoms with E-state index in [1.165, 1.54) is 7.11 Å². The lowest BCUT2D eigenvalue weighted by Crippen LogP contribution is -2.08. The van der Waals surface area contributed by atoms with Crippen LogP contribution in [0.25, 0.3) is 0 Å². The van der Waals surface area contributed by atoms with E-state index in [-0.39, 0.29) is 5.78 Å². The summed E-state index contributed by atoms with van der Waals surface area (Å²) < 4.78 is 16.1. The summed E-state index contributed by atoms with van der Waals surface area (Å²) in [6.07, 6.45) is 0. The highest BCUT2D eigenvalue weighted by Gasteiger charge is 2.21. The summed E-state index contributed by atoms with van der Waals surface area (Å²) in [4.78, 5) is 12.7. The van der Waals surface area contributed by atoms with Crippen molar-refractivity contribution in [3.63, 3.8) is 0 Å². The molecule has 21 heavy (non-hydrogen) atoms. The molecule has 4 heteroatoms. The van der Waals surface area contributed by atoms with E-state index in [1.54, 1.807) is 31.4 Å². The number of hydrogen-bond donors (Lipinski definition) is 0. The molecule has 2 aromatic carbocycles. The van der Waals surface area contributed by atoms with Crippen molar-refractivity contribution in [1.82, 2.24) is 0 Å². The van der Waals surface area contributed by atoms with Crippen LogP contribution in [-0.2, 0) is 0 Å². The number of benzene rings is 2. The van der Waals surface area contributed by atoms with Crippen LogP contribution < -0.4 is 14.2 Å². The summed E-state index contributed by atoms with van der Waals surface area (Å²) in [7, 11) is 3.08. The van der Waals surface area contributed by atoms with E-state index in [4.69, 9.17) is 14.2 Å². The third-order valence-corrected chi connectivity index (χ3v) is 3.06. The second-order valence-electron chi connectivity index (χ2n) is 4.33. The highest BCUT2D eigenvalue weighted by molar-refractivity contribution is 6.12. The second-order valence-corrected chi connectivity index (χ2v) is 4.33. The first-order chi connectivity index (χ1) is 10.2. The monoisotopic (exact) mass is 286 g/mol. The Kier molecular flexibility index (Phi) is 4.82. The fourth-order valence-corrected chi connectivity index (χ4v) is 2.07. The van der Waals surface area contributed by atoms with Gasteiger partial charge in [0.25, 0.3) is 0 Å². The standard InChI is InChI=1S/C17H18O4/c1-4-21-15-11-13(19-2)10-14(20-3)16(15)17(18)12-8-6-5-7-9-12/h5-11H,4H2,1-3H3. The molecule has 0 aliphatic carbocycles. The molecule has 0 radical (unpaired) electrons. The molecule has 0 spiro atoms. The zero-order valence-corrected chi connectivity index (χ0v) is 12.4. The highest BCUT2D eigenvalue weighted by atomic mass is 16.5. The summed E-state index contributed by atoms with van der Waals surface area (Å²) in [5.74, 6) is 1.34. The quantitative estimate of drug-likeness (QED) is 0.764. The predicted octanol–water partition coefficient (Wildman–Crippen LogP) is 3.33. The van der Waals surface area contributed by atoms with Crippen LogP contribution in [0.2, 0.25) is 0 Å². The molecule has 4 nitrogen and oxygen atoms in total. The molecule has 0 atom stereocenters. The van der Waals surface area contributed by atoms with E-state index < -0.39 is 0 Å². The van der Waals surface area contributed by atoms with E-state index in [0.29, 0.717) is 35.0 Å². The number of methoxy groups -OCH3 is 2. The smallest absolute Gasteiger partial charge is 0.200 e. The normalized spacial score (nSPS) is 10.0. The summed E-state index contributed by atoms with van der Waals surface area (Å²) in [5, 5.41) is 0. The Bertz CT molecular complexity index is 620. The van der Waals surface area contributed by atoms with Gasteiger partial charge in [0, 0.05) is 17.7 Å². The number of hydrogen-bond acceptors (Lipinski definition) is 4.